The van der Waals surface area contributed by atoms with E-state index in [4.69, 9.17) is 9.47 Å². The van der Waals surface area contributed by atoms with Gasteiger partial charge in [-0.1, -0.05) is 19.3 Å². The number of thioether (sulfide) groups is 1. The molecule has 0 bridgehead atoms. The van der Waals surface area contributed by atoms with Crippen LogP contribution < -0.4 is 0 Å². The Hall–Kier alpha value is -2.28. The van der Waals surface area contributed by atoms with E-state index in [1.165, 1.54) is 26.4 Å². The first kappa shape index (κ1) is 21.4. The monoisotopic (exact) mass is 416 g/mol. The predicted molar refractivity (Wildman–Crippen MR) is 113 cm³/mol. The van der Waals surface area contributed by atoms with Gasteiger partial charge in [0.1, 0.15) is 16.2 Å². The van der Waals surface area contributed by atoms with Gasteiger partial charge in [-0.2, -0.15) is 5.10 Å². The van der Waals surface area contributed by atoms with E-state index in [0.29, 0.717) is 16.4 Å². The molecule has 7 heteroatoms. The third kappa shape index (κ3) is 5.41. The van der Waals surface area contributed by atoms with Crippen molar-refractivity contribution >= 4 is 23.7 Å². The van der Waals surface area contributed by atoms with Gasteiger partial charge in [0, 0.05) is 5.25 Å². The van der Waals surface area contributed by atoms with Gasteiger partial charge >= 0.3 is 11.9 Å². The Morgan fingerprint density at radius 1 is 1.07 bits per heavy atom. The molecule has 29 heavy (non-hydrogen) atoms. The Labute approximate surface area is 176 Å². The quantitative estimate of drug-likeness (QED) is 0.636. The number of esters is 2. The zero-order valence-corrected chi connectivity index (χ0v) is 18.3. The SMILES string of the molecule is COC(=O)c1ccc(-n2ncc(C(=O)OC(C)(C)C)c2SC2CCCCC2)cc1. The van der Waals surface area contributed by atoms with Crippen LogP contribution in [-0.2, 0) is 9.47 Å². The average molecular weight is 417 g/mol. The highest BCUT2D eigenvalue weighted by Gasteiger charge is 2.27. The lowest BCUT2D eigenvalue weighted by atomic mass is 10.0. The molecular weight excluding hydrogens is 388 g/mol. The molecule has 6 nitrogen and oxygen atoms in total. The average Bonchev–Trinajstić information content (AvgIpc) is 3.10. The highest BCUT2D eigenvalue weighted by molar-refractivity contribution is 8.00. The number of aromatic nitrogens is 2. The van der Waals surface area contributed by atoms with Crippen LogP contribution in [0.25, 0.3) is 5.69 Å². The van der Waals surface area contributed by atoms with E-state index in [-0.39, 0.29) is 11.9 Å². The number of nitrogens with zero attached hydrogens (tertiary/aromatic N) is 2. The van der Waals surface area contributed by atoms with Crippen molar-refractivity contribution in [2.24, 2.45) is 0 Å². The zero-order valence-electron chi connectivity index (χ0n) is 17.4. The molecule has 0 spiro atoms. The van der Waals surface area contributed by atoms with Crippen LogP contribution >= 0.6 is 11.8 Å². The van der Waals surface area contributed by atoms with E-state index in [1.54, 1.807) is 34.8 Å². The molecular formula is C22H28N2O4S. The molecule has 0 radical (unpaired) electrons. The fraction of sp³-hybridized carbons (Fsp3) is 0.500. The summed E-state index contributed by atoms with van der Waals surface area (Å²) in [5, 5.41) is 5.72. The number of benzene rings is 1. The van der Waals surface area contributed by atoms with Crippen molar-refractivity contribution in [3.8, 4) is 5.69 Å². The minimum atomic E-state index is -0.575. The van der Waals surface area contributed by atoms with Crippen molar-refractivity contribution in [3.05, 3.63) is 41.6 Å². The number of carbonyl (C=O) groups is 2. The van der Waals surface area contributed by atoms with E-state index in [1.807, 2.05) is 32.9 Å². The summed E-state index contributed by atoms with van der Waals surface area (Å²) in [7, 11) is 1.36. The number of ether oxygens (including phenoxy) is 2. The molecule has 1 aromatic heterocycles. The molecule has 0 unspecified atom stereocenters. The molecule has 0 amide bonds. The standard InChI is InChI=1S/C22H28N2O4S/c1-22(2,3)28-21(26)18-14-23-24(19(18)29-17-8-6-5-7-9-17)16-12-10-15(11-13-16)20(25)27-4/h10-14,17H,5-9H2,1-4H3. The minimum absolute atomic E-state index is 0.367. The molecule has 0 aliphatic heterocycles. The number of carbonyl (C=O) groups excluding carboxylic acids is 2. The molecule has 0 N–H and O–H groups in total. The Balaban J connectivity index is 1.95. The largest absolute Gasteiger partial charge is 0.465 e. The summed E-state index contributed by atoms with van der Waals surface area (Å²) >= 11 is 1.70. The summed E-state index contributed by atoms with van der Waals surface area (Å²) in [5.74, 6) is -0.753. The molecule has 2 aromatic rings. The van der Waals surface area contributed by atoms with E-state index in [0.717, 1.165) is 23.6 Å². The van der Waals surface area contributed by atoms with E-state index in [2.05, 4.69) is 5.10 Å². The predicted octanol–water partition coefficient (Wildman–Crippen LogP) is 5.04. The molecule has 1 aliphatic rings. The molecule has 1 heterocycles. The van der Waals surface area contributed by atoms with Gasteiger partial charge in [-0.3, -0.25) is 0 Å². The molecule has 3 rings (SSSR count). The van der Waals surface area contributed by atoms with Gasteiger partial charge in [-0.15, -0.1) is 11.8 Å². The van der Waals surface area contributed by atoms with E-state index in [9.17, 15) is 9.59 Å². The second kappa shape index (κ2) is 9.03. The second-order valence-electron chi connectivity index (χ2n) is 8.19. The van der Waals surface area contributed by atoms with Crippen molar-refractivity contribution in [1.29, 1.82) is 0 Å². The first-order chi connectivity index (χ1) is 13.8. The first-order valence-electron chi connectivity index (χ1n) is 9.95. The lowest BCUT2D eigenvalue weighted by molar-refractivity contribution is 0.00651. The van der Waals surface area contributed by atoms with Gasteiger partial charge in [0.05, 0.1) is 24.6 Å². The molecule has 1 aliphatic carbocycles. The van der Waals surface area contributed by atoms with Crippen molar-refractivity contribution in [2.75, 3.05) is 7.11 Å². The molecule has 0 saturated heterocycles. The van der Waals surface area contributed by atoms with Crippen molar-refractivity contribution in [3.63, 3.8) is 0 Å². The number of hydrogen-bond donors (Lipinski definition) is 0. The fourth-order valence-corrected chi connectivity index (χ4v) is 4.71. The van der Waals surface area contributed by atoms with Crippen molar-refractivity contribution in [1.82, 2.24) is 9.78 Å². The van der Waals surface area contributed by atoms with Crippen LogP contribution in [0, 0.1) is 0 Å². The first-order valence-corrected chi connectivity index (χ1v) is 10.8. The maximum atomic E-state index is 12.8. The van der Waals surface area contributed by atoms with Gasteiger partial charge in [0.25, 0.3) is 0 Å². The van der Waals surface area contributed by atoms with Gasteiger partial charge in [0.2, 0.25) is 0 Å². The number of rotatable bonds is 5. The molecule has 0 atom stereocenters. The Morgan fingerprint density at radius 3 is 2.31 bits per heavy atom. The summed E-state index contributed by atoms with van der Waals surface area (Å²) in [4.78, 5) is 24.5. The van der Waals surface area contributed by atoms with Crippen LogP contribution in [0.2, 0.25) is 0 Å². The maximum Gasteiger partial charge on any atom is 0.343 e. The third-order valence-corrected chi connectivity index (χ3v) is 6.13. The van der Waals surface area contributed by atoms with Gasteiger partial charge in [-0.05, 0) is 57.9 Å². The van der Waals surface area contributed by atoms with E-state index >= 15 is 0 Å². The van der Waals surface area contributed by atoms with Crippen LogP contribution in [-0.4, -0.2) is 39.7 Å². The highest BCUT2D eigenvalue weighted by Crippen LogP contribution is 2.37. The molecule has 1 aromatic carbocycles. The van der Waals surface area contributed by atoms with Crippen LogP contribution in [0.1, 0.15) is 73.6 Å². The summed E-state index contributed by atoms with van der Waals surface area (Å²) in [5.41, 5.74) is 1.16. The van der Waals surface area contributed by atoms with Crippen LogP contribution in [0.4, 0.5) is 0 Å². The van der Waals surface area contributed by atoms with Crippen LogP contribution in [0.15, 0.2) is 35.5 Å². The Morgan fingerprint density at radius 2 is 1.72 bits per heavy atom. The number of methoxy groups -OCH3 is 1. The lowest BCUT2D eigenvalue weighted by Crippen LogP contribution is -2.24. The summed E-state index contributed by atoms with van der Waals surface area (Å²) in [6.45, 7) is 5.57. The van der Waals surface area contributed by atoms with E-state index < -0.39 is 5.60 Å². The lowest BCUT2D eigenvalue weighted by Gasteiger charge is -2.23. The smallest absolute Gasteiger partial charge is 0.343 e. The fourth-order valence-electron chi connectivity index (χ4n) is 3.31. The Kier molecular flexibility index (Phi) is 6.67. The molecule has 1 fully saturated rings. The maximum absolute atomic E-state index is 12.8. The summed E-state index contributed by atoms with van der Waals surface area (Å²) in [6, 6.07) is 7.02. The summed E-state index contributed by atoms with van der Waals surface area (Å²) < 4.78 is 12.1. The minimum Gasteiger partial charge on any atom is -0.465 e. The summed E-state index contributed by atoms with van der Waals surface area (Å²) in [6.07, 6.45) is 7.52. The van der Waals surface area contributed by atoms with Crippen LogP contribution in [0.3, 0.4) is 0 Å². The molecule has 1 saturated carbocycles. The van der Waals surface area contributed by atoms with Crippen molar-refractivity contribution < 1.29 is 19.1 Å². The normalized spacial score (nSPS) is 15.2. The molecule has 156 valence electrons. The van der Waals surface area contributed by atoms with Gasteiger partial charge in [0.15, 0.2) is 0 Å². The second-order valence-corrected chi connectivity index (χ2v) is 9.48. The van der Waals surface area contributed by atoms with Crippen molar-refractivity contribution in [2.45, 2.75) is 68.8 Å². The topological polar surface area (TPSA) is 70.4 Å². The zero-order chi connectivity index (χ0) is 21.0. The van der Waals surface area contributed by atoms with Gasteiger partial charge < -0.3 is 9.47 Å². The van der Waals surface area contributed by atoms with Gasteiger partial charge in [-0.25, -0.2) is 14.3 Å². The van der Waals surface area contributed by atoms with Crippen LogP contribution in [0.5, 0.6) is 0 Å². The number of hydrogen-bond acceptors (Lipinski definition) is 6. The Bertz CT molecular complexity index is 862. The highest BCUT2D eigenvalue weighted by atomic mass is 32.2. The third-order valence-electron chi connectivity index (χ3n) is 4.71.